The minimum Gasteiger partial charge on any atom is -0.251 e. The molecule has 56 valence electrons. The van der Waals surface area contributed by atoms with Crippen LogP contribution in [0.2, 0.25) is 0 Å². The molecule has 0 heterocycles. The van der Waals surface area contributed by atoms with E-state index >= 15 is 0 Å². The van der Waals surface area contributed by atoms with Gasteiger partial charge in [0.15, 0.2) is 0 Å². The molecule has 0 aliphatic carbocycles. The molecule has 0 rings (SSSR count). The van der Waals surface area contributed by atoms with Crippen molar-refractivity contribution in [3.63, 3.8) is 0 Å². The minimum atomic E-state index is -1.36. The number of halogens is 2. The SMILES string of the molecule is CCC(CF)C(C)(C)F. The van der Waals surface area contributed by atoms with Crippen LogP contribution in [0.25, 0.3) is 0 Å². The van der Waals surface area contributed by atoms with E-state index in [1.165, 1.54) is 13.8 Å². The number of rotatable bonds is 3. The van der Waals surface area contributed by atoms with E-state index in [2.05, 4.69) is 0 Å². The van der Waals surface area contributed by atoms with E-state index in [0.29, 0.717) is 6.42 Å². The Morgan fingerprint density at radius 2 is 1.89 bits per heavy atom. The summed E-state index contributed by atoms with van der Waals surface area (Å²) in [5.41, 5.74) is -1.36. The molecule has 0 spiro atoms. The first kappa shape index (κ1) is 8.86. The third kappa shape index (κ3) is 2.78. The van der Waals surface area contributed by atoms with E-state index < -0.39 is 18.3 Å². The van der Waals surface area contributed by atoms with Crippen molar-refractivity contribution in [3.8, 4) is 0 Å². The molecule has 9 heavy (non-hydrogen) atoms. The quantitative estimate of drug-likeness (QED) is 0.559. The second-order valence-electron chi connectivity index (χ2n) is 2.82. The highest BCUT2D eigenvalue weighted by Gasteiger charge is 2.26. The lowest BCUT2D eigenvalue weighted by Crippen LogP contribution is -2.26. The van der Waals surface area contributed by atoms with Gasteiger partial charge in [0.25, 0.3) is 0 Å². The van der Waals surface area contributed by atoms with Crippen LogP contribution in [0.4, 0.5) is 8.78 Å². The normalized spacial score (nSPS) is 15.7. The first-order valence-corrected chi connectivity index (χ1v) is 3.27. The van der Waals surface area contributed by atoms with E-state index in [0.717, 1.165) is 0 Å². The van der Waals surface area contributed by atoms with E-state index in [1.807, 2.05) is 0 Å². The molecule has 0 fully saturated rings. The zero-order valence-corrected chi connectivity index (χ0v) is 6.25. The van der Waals surface area contributed by atoms with Gasteiger partial charge < -0.3 is 0 Å². The monoisotopic (exact) mass is 136 g/mol. The van der Waals surface area contributed by atoms with Crippen molar-refractivity contribution in [2.75, 3.05) is 6.67 Å². The molecule has 0 aromatic rings. The molecule has 1 atom stereocenters. The van der Waals surface area contributed by atoms with Gasteiger partial charge in [-0.1, -0.05) is 6.92 Å². The highest BCUT2D eigenvalue weighted by Crippen LogP contribution is 2.24. The van der Waals surface area contributed by atoms with E-state index in [1.54, 1.807) is 6.92 Å². The molecule has 0 aliphatic heterocycles. The topological polar surface area (TPSA) is 0 Å². The number of hydrogen-bond donors (Lipinski definition) is 0. The van der Waals surface area contributed by atoms with Crippen LogP contribution in [0.3, 0.4) is 0 Å². The largest absolute Gasteiger partial charge is 0.251 e. The molecule has 1 unspecified atom stereocenters. The second-order valence-corrected chi connectivity index (χ2v) is 2.82. The van der Waals surface area contributed by atoms with Crippen LogP contribution in [0.15, 0.2) is 0 Å². The van der Waals surface area contributed by atoms with Gasteiger partial charge >= 0.3 is 0 Å². The standard InChI is InChI=1S/C7H14F2/c1-4-6(5-8)7(2,3)9/h6H,4-5H2,1-3H3. The maximum atomic E-state index is 12.8. The molecule has 0 N–H and O–H groups in total. The average molecular weight is 136 g/mol. The smallest absolute Gasteiger partial charge is 0.110 e. The van der Waals surface area contributed by atoms with Gasteiger partial charge in [0.2, 0.25) is 0 Å². The van der Waals surface area contributed by atoms with Gasteiger partial charge in [-0.25, -0.2) is 4.39 Å². The third-order valence-corrected chi connectivity index (χ3v) is 1.65. The van der Waals surface area contributed by atoms with Gasteiger partial charge in [0.05, 0.1) is 6.67 Å². The Balaban J connectivity index is 3.79. The molecule has 0 aromatic carbocycles. The summed E-state index contributed by atoms with van der Waals surface area (Å²) in [5, 5.41) is 0. The van der Waals surface area contributed by atoms with Gasteiger partial charge in [0.1, 0.15) is 5.67 Å². The Hall–Kier alpha value is -0.140. The van der Waals surface area contributed by atoms with Gasteiger partial charge in [-0.2, -0.15) is 0 Å². The van der Waals surface area contributed by atoms with Crippen molar-refractivity contribution in [3.05, 3.63) is 0 Å². The molecular formula is C7H14F2. The fourth-order valence-corrected chi connectivity index (χ4v) is 0.778. The van der Waals surface area contributed by atoms with Crippen molar-refractivity contribution >= 4 is 0 Å². The second kappa shape index (κ2) is 3.14. The molecule has 0 radical (unpaired) electrons. The minimum absolute atomic E-state index is 0.433. The summed E-state index contributed by atoms with van der Waals surface area (Å²) in [5.74, 6) is -0.433. The fraction of sp³-hybridized carbons (Fsp3) is 1.00. The molecule has 0 aliphatic rings. The van der Waals surface area contributed by atoms with Crippen molar-refractivity contribution in [1.29, 1.82) is 0 Å². The van der Waals surface area contributed by atoms with Crippen LogP contribution in [0, 0.1) is 5.92 Å². The Morgan fingerprint density at radius 1 is 1.44 bits per heavy atom. The van der Waals surface area contributed by atoms with Crippen LogP contribution in [0.5, 0.6) is 0 Å². The molecule has 0 nitrogen and oxygen atoms in total. The fourth-order valence-electron chi connectivity index (χ4n) is 0.778. The molecule has 0 saturated carbocycles. The number of hydrogen-bond acceptors (Lipinski definition) is 0. The van der Waals surface area contributed by atoms with E-state index in [9.17, 15) is 8.78 Å². The zero-order chi connectivity index (χ0) is 7.49. The van der Waals surface area contributed by atoms with Crippen LogP contribution in [-0.4, -0.2) is 12.3 Å². The van der Waals surface area contributed by atoms with Crippen LogP contribution in [0.1, 0.15) is 27.2 Å². The lowest BCUT2D eigenvalue weighted by molar-refractivity contribution is 0.0994. The number of alkyl halides is 2. The molecule has 2 heteroatoms. The molecular weight excluding hydrogens is 122 g/mol. The van der Waals surface area contributed by atoms with Crippen LogP contribution in [-0.2, 0) is 0 Å². The first-order valence-electron chi connectivity index (χ1n) is 3.27. The predicted molar refractivity (Wildman–Crippen MR) is 34.9 cm³/mol. The summed E-state index contributed by atoms with van der Waals surface area (Å²) in [6.45, 7) is 4.08. The molecule has 0 amide bonds. The van der Waals surface area contributed by atoms with Gasteiger partial charge in [0, 0.05) is 5.92 Å². The van der Waals surface area contributed by atoms with Gasteiger partial charge in [-0.05, 0) is 20.3 Å². The van der Waals surface area contributed by atoms with Crippen molar-refractivity contribution in [2.24, 2.45) is 5.92 Å². The Bertz CT molecular complexity index is 69.5. The Kier molecular flexibility index (Phi) is 3.09. The van der Waals surface area contributed by atoms with E-state index in [4.69, 9.17) is 0 Å². The summed E-state index contributed by atoms with van der Waals surface area (Å²) in [7, 11) is 0. The summed E-state index contributed by atoms with van der Waals surface area (Å²) in [6.07, 6.45) is 0.569. The molecule has 0 aromatic heterocycles. The predicted octanol–water partition coefficient (Wildman–Crippen LogP) is 2.73. The molecule has 0 saturated heterocycles. The average Bonchev–Trinajstić information content (AvgIpc) is 1.65. The van der Waals surface area contributed by atoms with Crippen molar-refractivity contribution in [2.45, 2.75) is 32.9 Å². The Morgan fingerprint density at radius 3 is 1.89 bits per heavy atom. The lowest BCUT2D eigenvalue weighted by Gasteiger charge is -2.22. The van der Waals surface area contributed by atoms with Crippen molar-refractivity contribution in [1.82, 2.24) is 0 Å². The zero-order valence-electron chi connectivity index (χ0n) is 6.25. The van der Waals surface area contributed by atoms with Crippen LogP contribution < -0.4 is 0 Å². The lowest BCUT2D eigenvalue weighted by atomic mass is 9.92. The summed E-state index contributed by atoms with van der Waals surface area (Å²) in [4.78, 5) is 0. The highest BCUT2D eigenvalue weighted by atomic mass is 19.1. The maximum Gasteiger partial charge on any atom is 0.110 e. The Labute approximate surface area is 55.3 Å². The van der Waals surface area contributed by atoms with Gasteiger partial charge in [-0.3, -0.25) is 4.39 Å². The summed E-state index contributed by atoms with van der Waals surface area (Å²) < 4.78 is 24.7. The van der Waals surface area contributed by atoms with Crippen LogP contribution >= 0.6 is 0 Å². The van der Waals surface area contributed by atoms with Crippen molar-refractivity contribution < 1.29 is 8.78 Å². The molecule has 0 bridgehead atoms. The highest BCUT2D eigenvalue weighted by molar-refractivity contribution is 4.75. The maximum absolute atomic E-state index is 12.8. The summed E-state index contributed by atoms with van der Waals surface area (Å²) in [6, 6.07) is 0. The third-order valence-electron chi connectivity index (χ3n) is 1.65. The summed E-state index contributed by atoms with van der Waals surface area (Å²) >= 11 is 0. The first-order chi connectivity index (χ1) is 4.02. The van der Waals surface area contributed by atoms with E-state index in [-0.39, 0.29) is 0 Å². The van der Waals surface area contributed by atoms with Gasteiger partial charge in [-0.15, -0.1) is 0 Å².